The fraction of sp³-hybridized carbons (Fsp3) is 0.304. The average molecular weight is 520 g/mol. The number of benzene rings is 2. The van der Waals surface area contributed by atoms with Crippen LogP contribution in [0.5, 0.6) is 0 Å². The molecule has 8 nitrogen and oxygen atoms in total. The van der Waals surface area contributed by atoms with Gasteiger partial charge in [0, 0.05) is 31.5 Å². The number of hydrogen-bond acceptors (Lipinski definition) is 6. The molecule has 34 heavy (non-hydrogen) atoms. The zero-order valence-corrected chi connectivity index (χ0v) is 21.1. The number of piperidine rings is 1. The van der Waals surface area contributed by atoms with Gasteiger partial charge in [-0.05, 0) is 55.3 Å². The lowest BCUT2D eigenvalue weighted by Crippen LogP contribution is -2.35. The molecule has 0 radical (unpaired) electrons. The van der Waals surface area contributed by atoms with Crippen molar-refractivity contribution in [3.63, 3.8) is 0 Å². The number of fused-ring (bicyclic) bond motifs is 1. The van der Waals surface area contributed by atoms with E-state index < -0.39 is 25.8 Å². The van der Waals surface area contributed by atoms with Crippen molar-refractivity contribution in [3.05, 3.63) is 65.5 Å². The van der Waals surface area contributed by atoms with E-state index in [0.717, 1.165) is 31.0 Å². The minimum atomic E-state index is -3.58. The van der Waals surface area contributed by atoms with E-state index in [4.69, 9.17) is 0 Å². The summed E-state index contributed by atoms with van der Waals surface area (Å²) in [6, 6.07) is 10.6. The summed E-state index contributed by atoms with van der Waals surface area (Å²) in [6.07, 6.45) is 5.53. The van der Waals surface area contributed by atoms with Crippen LogP contribution in [0.3, 0.4) is 0 Å². The third-order valence-electron chi connectivity index (χ3n) is 5.65. The van der Waals surface area contributed by atoms with Crippen molar-refractivity contribution < 1.29 is 21.6 Å². The molecule has 1 aromatic heterocycles. The highest BCUT2D eigenvalue weighted by Gasteiger charge is 2.26. The normalized spacial score (nSPS) is 16.1. The Balaban J connectivity index is 1.68. The van der Waals surface area contributed by atoms with E-state index in [2.05, 4.69) is 11.6 Å². The van der Waals surface area contributed by atoms with Crippen LogP contribution in [-0.4, -0.2) is 51.0 Å². The maximum absolute atomic E-state index is 12.9. The van der Waals surface area contributed by atoms with E-state index in [1.807, 2.05) is 0 Å². The van der Waals surface area contributed by atoms with Gasteiger partial charge in [0.15, 0.2) is 14.6 Å². The Morgan fingerprint density at radius 1 is 1.03 bits per heavy atom. The summed E-state index contributed by atoms with van der Waals surface area (Å²) in [4.78, 5) is 17.9. The summed E-state index contributed by atoms with van der Waals surface area (Å²) >= 11 is 1.20. The molecule has 1 fully saturated rings. The molecule has 11 heteroatoms. The zero-order chi connectivity index (χ0) is 24.5. The summed E-state index contributed by atoms with van der Waals surface area (Å²) in [6.45, 7) is 5.15. The molecule has 180 valence electrons. The van der Waals surface area contributed by atoms with Crippen molar-refractivity contribution in [2.45, 2.75) is 35.6 Å². The Morgan fingerprint density at radius 3 is 2.29 bits per heavy atom. The number of carbonyl (C=O) groups excluding carboxylic acids is 1. The van der Waals surface area contributed by atoms with Gasteiger partial charge in [-0.15, -0.1) is 6.58 Å². The smallest absolute Gasteiger partial charge is 0.279 e. The Kier molecular flexibility index (Phi) is 6.90. The number of amides is 1. The quantitative estimate of drug-likeness (QED) is 0.465. The summed E-state index contributed by atoms with van der Waals surface area (Å²) in [5.74, 6) is -0.519. The van der Waals surface area contributed by atoms with Crippen molar-refractivity contribution in [3.8, 4) is 0 Å². The molecule has 3 aromatic rings. The zero-order valence-electron chi connectivity index (χ0n) is 18.7. The highest BCUT2D eigenvalue weighted by atomic mass is 32.2. The topological polar surface area (TPSA) is 106 Å². The van der Waals surface area contributed by atoms with Gasteiger partial charge in [0.1, 0.15) is 0 Å². The fourth-order valence-electron chi connectivity index (χ4n) is 3.85. The second-order valence-corrected chi connectivity index (χ2v) is 13.1. The number of sulfone groups is 1. The molecule has 0 aliphatic carbocycles. The number of rotatable bonds is 6. The molecule has 0 saturated carbocycles. The van der Waals surface area contributed by atoms with E-state index in [-0.39, 0.29) is 15.4 Å². The SMILES string of the molecule is C=CCn1c(=NC(=O)c2ccc(S(=O)(=O)N3CCCCC3)cc2)sc2cc(S(C)(=O)=O)ccc21. The van der Waals surface area contributed by atoms with Gasteiger partial charge in [0.05, 0.1) is 20.0 Å². The Hall–Kier alpha value is -2.60. The van der Waals surface area contributed by atoms with E-state index in [1.54, 1.807) is 22.8 Å². The van der Waals surface area contributed by atoms with Gasteiger partial charge in [-0.3, -0.25) is 4.79 Å². The van der Waals surface area contributed by atoms with Crippen LogP contribution in [0, 0.1) is 0 Å². The Morgan fingerprint density at radius 2 is 1.68 bits per heavy atom. The molecule has 1 amide bonds. The summed E-state index contributed by atoms with van der Waals surface area (Å²) in [7, 11) is -6.96. The number of allylic oxidation sites excluding steroid dienone is 1. The van der Waals surface area contributed by atoms with Crippen molar-refractivity contribution in [1.82, 2.24) is 8.87 Å². The van der Waals surface area contributed by atoms with Crippen LogP contribution in [0.25, 0.3) is 10.2 Å². The van der Waals surface area contributed by atoms with Gasteiger partial charge in [0.25, 0.3) is 5.91 Å². The first kappa shape index (κ1) is 24.5. The van der Waals surface area contributed by atoms with Crippen molar-refractivity contribution in [2.24, 2.45) is 4.99 Å². The summed E-state index contributed by atoms with van der Waals surface area (Å²) < 4.78 is 53.5. The summed E-state index contributed by atoms with van der Waals surface area (Å²) in [5.41, 5.74) is 1.00. The standard InChI is InChI=1S/C23H25N3O5S3/c1-3-13-26-20-12-11-19(33(2,28)29)16-21(20)32-23(26)24-22(27)17-7-9-18(10-8-17)34(30,31)25-14-5-4-6-15-25/h3,7-12,16H,1,4-6,13-15H2,2H3. The van der Waals surface area contributed by atoms with Crippen LogP contribution >= 0.6 is 11.3 Å². The molecule has 4 rings (SSSR count). The molecule has 0 unspecified atom stereocenters. The van der Waals surface area contributed by atoms with Gasteiger partial charge < -0.3 is 4.57 Å². The molecule has 1 aliphatic heterocycles. The van der Waals surface area contributed by atoms with Crippen LogP contribution in [0.2, 0.25) is 0 Å². The molecular weight excluding hydrogens is 494 g/mol. The minimum absolute atomic E-state index is 0.155. The number of hydrogen-bond donors (Lipinski definition) is 0. The van der Waals surface area contributed by atoms with Crippen LogP contribution in [-0.2, 0) is 26.4 Å². The number of nitrogens with zero attached hydrogens (tertiary/aromatic N) is 3. The lowest BCUT2D eigenvalue weighted by atomic mass is 10.2. The first-order valence-corrected chi connectivity index (χ1v) is 14.9. The number of sulfonamides is 1. The van der Waals surface area contributed by atoms with Gasteiger partial charge in [-0.25, -0.2) is 16.8 Å². The van der Waals surface area contributed by atoms with Crippen LogP contribution in [0.1, 0.15) is 29.6 Å². The van der Waals surface area contributed by atoms with Crippen LogP contribution in [0.4, 0.5) is 0 Å². The molecule has 1 saturated heterocycles. The first-order chi connectivity index (χ1) is 16.1. The molecule has 0 N–H and O–H groups in total. The maximum atomic E-state index is 12.9. The van der Waals surface area contributed by atoms with Crippen molar-refractivity contribution in [1.29, 1.82) is 0 Å². The van der Waals surface area contributed by atoms with E-state index >= 15 is 0 Å². The van der Waals surface area contributed by atoms with E-state index in [9.17, 15) is 21.6 Å². The fourth-order valence-corrected chi connectivity index (χ4v) is 7.17. The highest BCUT2D eigenvalue weighted by Crippen LogP contribution is 2.23. The number of carbonyl (C=O) groups is 1. The van der Waals surface area contributed by atoms with E-state index in [1.165, 1.54) is 46.0 Å². The molecule has 0 bridgehead atoms. The Labute approximate surface area is 202 Å². The third kappa shape index (κ3) is 4.92. The third-order valence-corrected chi connectivity index (χ3v) is 9.71. The lowest BCUT2D eigenvalue weighted by molar-refractivity contribution is 0.0997. The molecular formula is C23H25N3O5S3. The molecule has 2 heterocycles. The largest absolute Gasteiger partial charge is 0.312 e. The van der Waals surface area contributed by atoms with E-state index in [0.29, 0.717) is 29.1 Å². The Bertz CT molecular complexity index is 1530. The predicted molar refractivity (Wildman–Crippen MR) is 132 cm³/mol. The number of thiazole rings is 1. The number of aromatic nitrogens is 1. The van der Waals surface area contributed by atoms with Gasteiger partial charge in [-0.2, -0.15) is 9.30 Å². The molecule has 0 atom stereocenters. The molecule has 1 aliphatic rings. The van der Waals surface area contributed by atoms with Crippen LogP contribution < -0.4 is 4.80 Å². The van der Waals surface area contributed by atoms with Gasteiger partial charge >= 0.3 is 0 Å². The second kappa shape index (κ2) is 9.57. The van der Waals surface area contributed by atoms with Crippen molar-refractivity contribution in [2.75, 3.05) is 19.3 Å². The van der Waals surface area contributed by atoms with Crippen LogP contribution in [0.15, 0.2) is 69.9 Å². The minimum Gasteiger partial charge on any atom is -0.312 e. The highest BCUT2D eigenvalue weighted by molar-refractivity contribution is 7.90. The second-order valence-electron chi connectivity index (χ2n) is 8.09. The molecule has 2 aromatic carbocycles. The lowest BCUT2D eigenvalue weighted by Gasteiger charge is -2.25. The van der Waals surface area contributed by atoms with Gasteiger partial charge in [-0.1, -0.05) is 23.8 Å². The predicted octanol–water partition coefficient (Wildman–Crippen LogP) is 3.21. The van der Waals surface area contributed by atoms with Crippen molar-refractivity contribution >= 4 is 47.3 Å². The first-order valence-electron chi connectivity index (χ1n) is 10.7. The summed E-state index contributed by atoms with van der Waals surface area (Å²) in [5, 5.41) is 0. The maximum Gasteiger partial charge on any atom is 0.279 e. The average Bonchev–Trinajstić information content (AvgIpc) is 3.15. The van der Waals surface area contributed by atoms with Gasteiger partial charge in [0.2, 0.25) is 10.0 Å². The monoisotopic (exact) mass is 519 g/mol. The molecule has 0 spiro atoms.